The average Bonchev–Trinajstić information content (AvgIpc) is 3.95. The third-order valence-electron chi connectivity index (χ3n) is 12.6. The number of hydrogen-bond acceptors (Lipinski definition) is 5. The van der Waals surface area contributed by atoms with Crippen molar-refractivity contribution in [1.29, 1.82) is 0 Å². The minimum absolute atomic E-state index is 0.644. The van der Waals surface area contributed by atoms with Crippen LogP contribution >= 0.6 is 0 Å². The Bertz CT molecular complexity index is 3770. The van der Waals surface area contributed by atoms with Crippen molar-refractivity contribution in [2.24, 2.45) is 0 Å². The van der Waals surface area contributed by atoms with Crippen LogP contribution in [0.25, 0.3) is 133 Å². The normalized spacial score (nSPS) is 11.8. The van der Waals surface area contributed by atoms with Crippen molar-refractivity contribution in [3.63, 3.8) is 0 Å². The van der Waals surface area contributed by atoms with Gasteiger partial charge in [0.2, 0.25) is 0 Å². The number of fused-ring (bicyclic) bond motifs is 8. The first-order valence-electron chi connectivity index (χ1n) is 21.5. The van der Waals surface area contributed by atoms with Crippen LogP contribution in [-0.4, -0.2) is 15.0 Å². The highest BCUT2D eigenvalue weighted by Gasteiger charge is 2.22. The second kappa shape index (κ2) is 14.5. The molecule has 4 aromatic heterocycles. The van der Waals surface area contributed by atoms with Crippen LogP contribution < -0.4 is 0 Å². The van der Waals surface area contributed by atoms with Crippen molar-refractivity contribution >= 4 is 65.4 Å². The molecule has 0 spiro atoms. The molecule has 13 rings (SSSR count). The first-order chi connectivity index (χ1) is 31.7. The van der Waals surface area contributed by atoms with Crippen LogP contribution in [0.5, 0.6) is 0 Å². The lowest BCUT2D eigenvalue weighted by atomic mass is 9.87. The fourth-order valence-corrected chi connectivity index (χ4v) is 9.71. The summed E-state index contributed by atoms with van der Waals surface area (Å²) in [7, 11) is 0. The van der Waals surface area contributed by atoms with Gasteiger partial charge in [0, 0.05) is 61.8 Å². The standard InChI is InChI=1S/C59H35N3O2/c1-2-14-37(15-3-1)59-61-51(35-52(62-59)56-47-20-6-4-18-45(47)55(36-28-30-60-31-29-36)46-19-5-7-21-48(46)56)40-33-38(41-22-12-24-49-43-16-8-10-26-53(43)63-57(41)49)32-39(34-40)42-23-13-25-50-44-17-9-11-27-54(44)64-58(42)50/h1-35H. The molecule has 0 aliphatic heterocycles. The monoisotopic (exact) mass is 817 g/mol. The van der Waals surface area contributed by atoms with E-state index in [1.807, 2.05) is 54.9 Å². The summed E-state index contributed by atoms with van der Waals surface area (Å²) in [5.41, 5.74) is 14.3. The molecule has 0 radical (unpaired) electrons. The third-order valence-corrected chi connectivity index (χ3v) is 12.6. The van der Waals surface area contributed by atoms with Crippen molar-refractivity contribution in [2.75, 3.05) is 0 Å². The maximum atomic E-state index is 6.67. The zero-order chi connectivity index (χ0) is 42.1. The van der Waals surface area contributed by atoms with Crippen LogP contribution in [0.3, 0.4) is 0 Å². The van der Waals surface area contributed by atoms with E-state index in [2.05, 4.69) is 163 Å². The molecule has 0 saturated carbocycles. The van der Waals surface area contributed by atoms with E-state index in [-0.39, 0.29) is 0 Å². The van der Waals surface area contributed by atoms with Crippen LogP contribution in [-0.2, 0) is 0 Å². The number of hydrogen-bond donors (Lipinski definition) is 0. The molecule has 0 atom stereocenters. The van der Waals surface area contributed by atoms with Gasteiger partial charge in [0.25, 0.3) is 0 Å². The molecule has 4 heterocycles. The highest BCUT2D eigenvalue weighted by Crippen LogP contribution is 2.46. The van der Waals surface area contributed by atoms with Gasteiger partial charge in [-0.3, -0.25) is 4.98 Å². The molecular weight excluding hydrogens is 783 g/mol. The number of nitrogens with zero attached hydrogens (tertiary/aromatic N) is 3. The van der Waals surface area contributed by atoms with Crippen molar-refractivity contribution in [1.82, 2.24) is 15.0 Å². The smallest absolute Gasteiger partial charge is 0.160 e. The number of furan rings is 2. The first kappa shape index (κ1) is 36.0. The zero-order valence-electron chi connectivity index (χ0n) is 34.4. The van der Waals surface area contributed by atoms with E-state index >= 15 is 0 Å². The highest BCUT2D eigenvalue weighted by molar-refractivity contribution is 6.21. The predicted molar refractivity (Wildman–Crippen MR) is 262 cm³/mol. The van der Waals surface area contributed by atoms with E-state index in [0.717, 1.165) is 121 Å². The van der Waals surface area contributed by atoms with E-state index in [9.17, 15) is 0 Å². The van der Waals surface area contributed by atoms with Gasteiger partial charge < -0.3 is 8.83 Å². The Morgan fingerprint density at radius 3 is 1.31 bits per heavy atom. The quantitative estimate of drug-likeness (QED) is 0.156. The van der Waals surface area contributed by atoms with Gasteiger partial charge in [0.1, 0.15) is 22.3 Å². The molecule has 0 bridgehead atoms. The van der Waals surface area contributed by atoms with Gasteiger partial charge in [0.05, 0.1) is 11.4 Å². The van der Waals surface area contributed by atoms with Crippen LogP contribution in [0.1, 0.15) is 0 Å². The maximum Gasteiger partial charge on any atom is 0.160 e. The summed E-state index contributed by atoms with van der Waals surface area (Å²) in [4.78, 5) is 15.2. The second-order valence-corrected chi connectivity index (χ2v) is 16.3. The molecule has 0 N–H and O–H groups in total. The van der Waals surface area contributed by atoms with Gasteiger partial charge >= 0.3 is 0 Å². The molecule has 0 aliphatic carbocycles. The molecule has 64 heavy (non-hydrogen) atoms. The molecule has 0 aliphatic rings. The fraction of sp³-hybridized carbons (Fsp3) is 0. The third kappa shape index (κ3) is 5.75. The summed E-state index contributed by atoms with van der Waals surface area (Å²) in [6.45, 7) is 0. The Labute approximate surface area is 367 Å². The maximum absolute atomic E-state index is 6.67. The Balaban J connectivity index is 1.11. The van der Waals surface area contributed by atoms with Crippen molar-refractivity contribution in [3.05, 3.63) is 213 Å². The van der Waals surface area contributed by atoms with Crippen molar-refractivity contribution < 1.29 is 8.83 Å². The van der Waals surface area contributed by atoms with E-state index in [0.29, 0.717) is 5.82 Å². The van der Waals surface area contributed by atoms with Gasteiger partial charge in [-0.2, -0.15) is 0 Å². The van der Waals surface area contributed by atoms with Crippen molar-refractivity contribution in [2.45, 2.75) is 0 Å². The van der Waals surface area contributed by atoms with Gasteiger partial charge in [-0.05, 0) is 92.3 Å². The number of para-hydroxylation sites is 4. The van der Waals surface area contributed by atoms with E-state index in [1.165, 1.54) is 5.56 Å². The Hall–Kier alpha value is -8.67. The fourth-order valence-electron chi connectivity index (χ4n) is 9.71. The zero-order valence-corrected chi connectivity index (χ0v) is 34.4. The summed E-state index contributed by atoms with van der Waals surface area (Å²) in [5, 5.41) is 8.83. The number of benzene rings is 9. The lowest BCUT2D eigenvalue weighted by Gasteiger charge is -2.18. The molecule has 0 saturated heterocycles. The lowest BCUT2D eigenvalue weighted by molar-refractivity contribution is 0.670. The van der Waals surface area contributed by atoms with Crippen molar-refractivity contribution in [3.8, 4) is 67.3 Å². The highest BCUT2D eigenvalue weighted by atomic mass is 16.3. The predicted octanol–water partition coefficient (Wildman–Crippen LogP) is 16.0. The largest absolute Gasteiger partial charge is 0.455 e. The first-order valence-corrected chi connectivity index (χ1v) is 21.5. The SMILES string of the molecule is c1ccc(-c2nc(-c3cc(-c4cccc5c4oc4ccccc45)cc(-c4cccc5c4oc4ccccc45)c3)cc(-c3c4ccccc4c(-c4ccncc4)c4ccccc34)n2)cc1. The van der Waals surface area contributed by atoms with Gasteiger partial charge in [-0.1, -0.05) is 152 Å². The van der Waals surface area contributed by atoms with Gasteiger partial charge in [-0.25, -0.2) is 9.97 Å². The van der Waals surface area contributed by atoms with Crippen LogP contribution in [0.4, 0.5) is 0 Å². The number of rotatable bonds is 6. The molecule has 298 valence electrons. The number of aromatic nitrogens is 3. The molecule has 5 nitrogen and oxygen atoms in total. The Morgan fingerprint density at radius 1 is 0.297 bits per heavy atom. The molecule has 5 heteroatoms. The summed E-state index contributed by atoms with van der Waals surface area (Å²) < 4.78 is 13.3. The molecule has 0 amide bonds. The molecule has 13 aromatic rings. The van der Waals surface area contributed by atoms with E-state index in [1.54, 1.807) is 0 Å². The van der Waals surface area contributed by atoms with Crippen LogP contribution in [0.2, 0.25) is 0 Å². The van der Waals surface area contributed by atoms with E-state index < -0.39 is 0 Å². The summed E-state index contributed by atoms with van der Waals surface area (Å²) in [5.74, 6) is 0.644. The Kier molecular flexibility index (Phi) is 8.15. The van der Waals surface area contributed by atoms with Crippen LogP contribution in [0, 0.1) is 0 Å². The summed E-state index contributed by atoms with van der Waals surface area (Å²) in [6, 6.07) is 70.0. The number of pyridine rings is 1. The minimum atomic E-state index is 0.644. The van der Waals surface area contributed by atoms with Gasteiger partial charge in [0.15, 0.2) is 5.82 Å². The summed E-state index contributed by atoms with van der Waals surface area (Å²) in [6.07, 6.45) is 3.72. The van der Waals surface area contributed by atoms with Gasteiger partial charge in [-0.15, -0.1) is 0 Å². The molecule has 0 fully saturated rings. The Morgan fingerprint density at radius 2 is 0.750 bits per heavy atom. The molecular formula is C59H35N3O2. The molecule has 0 unspecified atom stereocenters. The minimum Gasteiger partial charge on any atom is -0.455 e. The summed E-state index contributed by atoms with van der Waals surface area (Å²) >= 11 is 0. The topological polar surface area (TPSA) is 65.0 Å². The molecule has 9 aromatic carbocycles. The lowest BCUT2D eigenvalue weighted by Crippen LogP contribution is -1.98. The van der Waals surface area contributed by atoms with Crippen LogP contribution in [0.15, 0.2) is 221 Å². The van der Waals surface area contributed by atoms with E-state index in [4.69, 9.17) is 18.8 Å². The second-order valence-electron chi connectivity index (χ2n) is 16.3. The average molecular weight is 818 g/mol.